The zero-order chi connectivity index (χ0) is 28.2. The SMILES string of the molecule is NC(=O)c1ccc(NC(=O)[C@@H]2CCCN2C(=O)CN2CCC[C@H](NS(=O)(=O)C=Cc3ccc(Cl)s3)C2=O)cc1. The van der Waals surface area contributed by atoms with E-state index in [4.69, 9.17) is 17.3 Å². The molecule has 0 unspecified atom stereocenters. The molecule has 1 aromatic heterocycles. The van der Waals surface area contributed by atoms with Gasteiger partial charge in [0.2, 0.25) is 33.7 Å². The molecule has 0 bridgehead atoms. The first kappa shape index (κ1) is 28.7. The largest absolute Gasteiger partial charge is 0.366 e. The van der Waals surface area contributed by atoms with E-state index in [0.29, 0.717) is 59.2 Å². The van der Waals surface area contributed by atoms with Gasteiger partial charge in [0.25, 0.3) is 0 Å². The average Bonchev–Trinajstić information content (AvgIpc) is 3.55. The minimum atomic E-state index is -3.92. The van der Waals surface area contributed by atoms with Crippen LogP contribution in [0.2, 0.25) is 4.34 Å². The molecule has 14 heteroatoms. The number of nitrogens with one attached hydrogen (secondary N) is 2. The van der Waals surface area contributed by atoms with Gasteiger partial charge in [-0.15, -0.1) is 11.3 Å². The van der Waals surface area contributed by atoms with Gasteiger partial charge in [0.05, 0.1) is 10.9 Å². The highest BCUT2D eigenvalue weighted by molar-refractivity contribution is 7.92. The predicted octanol–water partition coefficient (Wildman–Crippen LogP) is 2.01. The summed E-state index contributed by atoms with van der Waals surface area (Å²) < 4.78 is 28.0. The number of amides is 4. The molecule has 2 atom stereocenters. The van der Waals surface area contributed by atoms with Gasteiger partial charge in [-0.3, -0.25) is 19.2 Å². The van der Waals surface area contributed by atoms with Crippen LogP contribution in [-0.2, 0) is 24.4 Å². The number of piperidine rings is 1. The Morgan fingerprint density at radius 2 is 1.79 bits per heavy atom. The lowest BCUT2D eigenvalue weighted by atomic mass is 10.1. The molecule has 1 aromatic carbocycles. The van der Waals surface area contributed by atoms with Gasteiger partial charge in [-0.2, -0.15) is 4.72 Å². The highest BCUT2D eigenvalue weighted by atomic mass is 35.5. The van der Waals surface area contributed by atoms with E-state index in [1.54, 1.807) is 24.3 Å². The first-order valence-corrected chi connectivity index (χ1v) is 15.0. The molecule has 2 aliphatic rings. The van der Waals surface area contributed by atoms with Crippen molar-refractivity contribution in [3.63, 3.8) is 0 Å². The summed E-state index contributed by atoms with van der Waals surface area (Å²) >= 11 is 7.09. The second-order valence-corrected chi connectivity index (χ2v) is 12.6. The minimum Gasteiger partial charge on any atom is -0.366 e. The molecule has 2 aromatic rings. The van der Waals surface area contributed by atoms with Gasteiger partial charge in [-0.25, -0.2) is 8.42 Å². The fourth-order valence-corrected chi connectivity index (χ4v) is 6.62. The van der Waals surface area contributed by atoms with Gasteiger partial charge in [-0.05, 0) is 68.2 Å². The summed E-state index contributed by atoms with van der Waals surface area (Å²) in [7, 11) is -3.92. The third-order valence-corrected chi connectivity index (χ3v) is 8.79. The second kappa shape index (κ2) is 12.3. The summed E-state index contributed by atoms with van der Waals surface area (Å²) in [5.74, 6) is -1.83. The van der Waals surface area contributed by atoms with Crippen molar-refractivity contribution >= 4 is 68.4 Å². The van der Waals surface area contributed by atoms with E-state index in [1.165, 1.54) is 39.3 Å². The Bertz CT molecular complexity index is 1390. The standard InChI is InChI=1S/C25H28ClN5O6S2/c26-21-10-9-18(38-21)11-14-39(36,37)29-19-3-1-12-30(25(19)35)15-22(32)31-13-2-4-20(31)24(34)28-17-7-5-16(6-8-17)23(27)33/h5-11,14,19-20,29H,1-4,12-13,15H2,(H2,27,33)(H,28,34)/t19-,20-/m0/s1. The molecular weight excluding hydrogens is 566 g/mol. The minimum absolute atomic E-state index is 0.252. The van der Waals surface area contributed by atoms with Crippen LogP contribution in [0, 0.1) is 0 Å². The maximum absolute atomic E-state index is 13.1. The Morgan fingerprint density at radius 1 is 1.08 bits per heavy atom. The maximum Gasteiger partial charge on any atom is 0.248 e. The number of anilines is 1. The highest BCUT2D eigenvalue weighted by Gasteiger charge is 2.37. The Balaban J connectivity index is 1.34. The van der Waals surface area contributed by atoms with E-state index in [9.17, 15) is 27.6 Å². The van der Waals surface area contributed by atoms with Crippen LogP contribution in [0.15, 0.2) is 41.8 Å². The molecule has 39 heavy (non-hydrogen) atoms. The summed E-state index contributed by atoms with van der Waals surface area (Å²) in [6.07, 6.45) is 3.32. The van der Waals surface area contributed by atoms with Gasteiger partial charge in [0.1, 0.15) is 12.1 Å². The topological polar surface area (TPSA) is 159 Å². The van der Waals surface area contributed by atoms with Crippen molar-refractivity contribution in [2.75, 3.05) is 25.0 Å². The molecule has 208 valence electrons. The number of halogens is 1. The lowest BCUT2D eigenvalue weighted by molar-refractivity contribution is -0.144. The molecule has 11 nitrogen and oxygen atoms in total. The van der Waals surface area contributed by atoms with Gasteiger partial charge in [0, 0.05) is 34.6 Å². The molecule has 0 radical (unpaired) electrons. The molecule has 4 N–H and O–H groups in total. The number of primary amides is 1. The molecule has 0 aliphatic carbocycles. The van der Waals surface area contributed by atoms with E-state index >= 15 is 0 Å². The summed E-state index contributed by atoms with van der Waals surface area (Å²) in [6, 6.07) is 7.74. The lowest BCUT2D eigenvalue weighted by Gasteiger charge is -2.33. The van der Waals surface area contributed by atoms with E-state index in [0.717, 1.165) is 5.41 Å². The Kier molecular flexibility index (Phi) is 9.05. The van der Waals surface area contributed by atoms with Crippen LogP contribution in [-0.4, -0.2) is 73.6 Å². The van der Waals surface area contributed by atoms with E-state index < -0.39 is 33.9 Å². The van der Waals surface area contributed by atoms with Gasteiger partial charge in [-0.1, -0.05) is 11.6 Å². The number of thiophene rings is 1. The fraction of sp³-hybridized carbons (Fsp3) is 0.360. The Labute approximate surface area is 235 Å². The summed E-state index contributed by atoms with van der Waals surface area (Å²) in [4.78, 5) is 53.8. The van der Waals surface area contributed by atoms with Gasteiger partial charge in [0.15, 0.2) is 0 Å². The van der Waals surface area contributed by atoms with Crippen LogP contribution in [0.3, 0.4) is 0 Å². The number of rotatable bonds is 9. The first-order valence-electron chi connectivity index (χ1n) is 12.3. The second-order valence-electron chi connectivity index (χ2n) is 9.24. The molecule has 4 rings (SSSR count). The number of hydrogen-bond acceptors (Lipinski definition) is 7. The monoisotopic (exact) mass is 593 g/mol. The molecule has 2 saturated heterocycles. The molecule has 2 fully saturated rings. The van der Waals surface area contributed by atoms with Crippen LogP contribution in [0.4, 0.5) is 5.69 Å². The molecule has 0 spiro atoms. The Hall–Kier alpha value is -3.26. The van der Waals surface area contributed by atoms with Crippen molar-refractivity contribution in [1.29, 1.82) is 0 Å². The zero-order valence-corrected chi connectivity index (χ0v) is 23.2. The van der Waals surface area contributed by atoms with E-state index in [2.05, 4.69) is 10.0 Å². The summed E-state index contributed by atoms with van der Waals surface area (Å²) in [5, 5.41) is 3.74. The van der Waals surface area contributed by atoms with Crippen LogP contribution in [0.25, 0.3) is 6.08 Å². The molecule has 0 saturated carbocycles. The van der Waals surface area contributed by atoms with Crippen molar-refractivity contribution < 1.29 is 27.6 Å². The predicted molar refractivity (Wildman–Crippen MR) is 148 cm³/mol. The third-order valence-electron chi connectivity index (χ3n) is 6.48. The van der Waals surface area contributed by atoms with Crippen LogP contribution >= 0.6 is 22.9 Å². The number of carbonyl (C=O) groups excluding carboxylic acids is 4. The maximum atomic E-state index is 13.1. The van der Waals surface area contributed by atoms with Crippen molar-refractivity contribution in [1.82, 2.24) is 14.5 Å². The van der Waals surface area contributed by atoms with Crippen LogP contribution in [0.1, 0.15) is 40.9 Å². The van der Waals surface area contributed by atoms with Crippen LogP contribution in [0.5, 0.6) is 0 Å². The smallest absolute Gasteiger partial charge is 0.248 e. The molecule has 4 amide bonds. The Morgan fingerprint density at radius 3 is 2.46 bits per heavy atom. The van der Waals surface area contributed by atoms with Crippen LogP contribution < -0.4 is 15.8 Å². The lowest BCUT2D eigenvalue weighted by Crippen LogP contribution is -2.55. The first-order chi connectivity index (χ1) is 18.5. The summed E-state index contributed by atoms with van der Waals surface area (Å²) in [5.41, 5.74) is 6.01. The van der Waals surface area contributed by atoms with Gasteiger partial charge < -0.3 is 20.9 Å². The number of likely N-dealkylation sites (tertiary alicyclic amines) is 2. The molecule has 3 heterocycles. The highest BCUT2D eigenvalue weighted by Crippen LogP contribution is 2.23. The normalized spacial score (nSPS) is 20.0. The number of benzene rings is 1. The number of hydrogen-bond donors (Lipinski definition) is 3. The number of nitrogens with zero attached hydrogens (tertiary/aromatic N) is 2. The van der Waals surface area contributed by atoms with Crippen molar-refractivity contribution in [2.45, 2.75) is 37.8 Å². The van der Waals surface area contributed by atoms with E-state index in [-0.39, 0.29) is 18.4 Å². The average molecular weight is 594 g/mol. The quantitative estimate of drug-likeness (QED) is 0.403. The third kappa shape index (κ3) is 7.44. The zero-order valence-electron chi connectivity index (χ0n) is 20.8. The number of sulfonamides is 1. The molecular formula is C25H28ClN5O6S2. The van der Waals surface area contributed by atoms with E-state index in [1.807, 2.05) is 0 Å². The van der Waals surface area contributed by atoms with Crippen molar-refractivity contribution in [3.05, 3.63) is 56.6 Å². The fourth-order valence-electron chi connectivity index (χ4n) is 4.55. The van der Waals surface area contributed by atoms with Crippen molar-refractivity contribution in [3.8, 4) is 0 Å². The molecule has 2 aliphatic heterocycles. The van der Waals surface area contributed by atoms with Gasteiger partial charge >= 0.3 is 0 Å². The van der Waals surface area contributed by atoms with Crippen molar-refractivity contribution in [2.24, 2.45) is 5.73 Å². The summed E-state index contributed by atoms with van der Waals surface area (Å²) in [6.45, 7) is 0.425. The number of nitrogens with two attached hydrogens (primary N) is 1. The number of carbonyl (C=O) groups is 4.